The topological polar surface area (TPSA) is 175 Å². The van der Waals surface area contributed by atoms with E-state index >= 15 is 0 Å². The third-order valence-corrected chi connectivity index (χ3v) is 11.5. The lowest BCUT2D eigenvalue weighted by atomic mass is 9.49. The zero-order chi connectivity index (χ0) is 36.4. The van der Waals surface area contributed by atoms with E-state index in [2.05, 4.69) is 0 Å². The Balaban J connectivity index is 1.69. The first kappa shape index (κ1) is 35.7. The van der Waals surface area contributed by atoms with E-state index in [9.17, 15) is 34.5 Å². The zero-order valence-corrected chi connectivity index (χ0v) is 29.0. The predicted octanol–water partition coefficient (Wildman–Crippen LogP) is 3.31. The van der Waals surface area contributed by atoms with Gasteiger partial charge in [0.25, 0.3) is 0 Å². The van der Waals surface area contributed by atoms with Crippen LogP contribution in [0.1, 0.15) is 75.1 Å². The monoisotopic (exact) mass is 692 g/mol. The number of ether oxygens (including phenoxy) is 5. The number of hydrogen-bond donors (Lipinski definition) is 3. The SMILES string of the molecule is CC(=O)O[C@H]1C[C@H]2OC[C@@]2(OC(C)=O)[C@H]2[C@H](OC(=O)c3ccccc3)[C@]3(C(C)(C)O)C[C@H](O)C(C)=C3[C@@H](O)[C@H](OC(=O)c3ccccc3)[C@]12C. The number of aliphatic hydroxyl groups excluding tert-OH is 2. The first-order valence-electron chi connectivity index (χ1n) is 16.8. The number of carbonyl (C=O) groups excluding carboxylic acids is 4. The highest BCUT2D eigenvalue weighted by Crippen LogP contribution is 2.68. The van der Waals surface area contributed by atoms with Gasteiger partial charge in [-0.15, -0.1) is 0 Å². The van der Waals surface area contributed by atoms with Gasteiger partial charge in [0.05, 0.1) is 46.2 Å². The van der Waals surface area contributed by atoms with E-state index in [1.165, 1.54) is 27.7 Å². The lowest BCUT2D eigenvalue weighted by Gasteiger charge is -2.65. The molecule has 2 aromatic rings. The average molecular weight is 693 g/mol. The van der Waals surface area contributed by atoms with E-state index in [1.807, 2.05) is 0 Å². The minimum Gasteiger partial charge on any atom is -0.462 e. The number of carbonyl (C=O) groups is 4. The van der Waals surface area contributed by atoms with Gasteiger partial charge in [-0.25, -0.2) is 9.59 Å². The molecule has 0 spiro atoms. The maximum atomic E-state index is 14.2. The molecule has 0 unspecified atom stereocenters. The summed E-state index contributed by atoms with van der Waals surface area (Å²) in [6.07, 6.45) is -8.27. The van der Waals surface area contributed by atoms with Gasteiger partial charge in [0.1, 0.15) is 30.5 Å². The van der Waals surface area contributed by atoms with E-state index in [-0.39, 0.29) is 41.7 Å². The first-order chi connectivity index (χ1) is 23.5. The summed E-state index contributed by atoms with van der Waals surface area (Å²) >= 11 is 0. The summed E-state index contributed by atoms with van der Waals surface area (Å²) in [6.45, 7) is 8.48. The van der Waals surface area contributed by atoms with Gasteiger partial charge in [-0.2, -0.15) is 0 Å². The molecule has 0 aromatic heterocycles. The number of fused-ring (bicyclic) bond motifs is 4. The summed E-state index contributed by atoms with van der Waals surface area (Å²) in [5.41, 5.74) is -6.11. The van der Waals surface area contributed by atoms with E-state index in [1.54, 1.807) is 74.5 Å². The fourth-order valence-corrected chi connectivity index (χ4v) is 9.29. The van der Waals surface area contributed by atoms with E-state index in [0.29, 0.717) is 0 Å². The molecule has 0 bridgehead atoms. The summed E-state index contributed by atoms with van der Waals surface area (Å²) in [4.78, 5) is 53.9. The maximum absolute atomic E-state index is 14.2. The molecule has 50 heavy (non-hydrogen) atoms. The molecule has 12 heteroatoms. The minimum absolute atomic E-state index is 0.0263. The molecule has 2 aromatic carbocycles. The molecule has 12 nitrogen and oxygen atoms in total. The van der Waals surface area contributed by atoms with Crippen LogP contribution < -0.4 is 0 Å². The van der Waals surface area contributed by atoms with Crippen molar-refractivity contribution in [1.29, 1.82) is 0 Å². The van der Waals surface area contributed by atoms with Crippen LogP contribution in [0.15, 0.2) is 71.8 Å². The van der Waals surface area contributed by atoms with Gasteiger partial charge in [-0.05, 0) is 62.6 Å². The Labute approximate surface area is 290 Å². The highest BCUT2D eigenvalue weighted by atomic mass is 16.6. The molecule has 0 radical (unpaired) electrons. The number of rotatable bonds is 7. The Morgan fingerprint density at radius 3 is 1.84 bits per heavy atom. The molecule has 6 rings (SSSR count). The Morgan fingerprint density at radius 2 is 1.38 bits per heavy atom. The van der Waals surface area contributed by atoms with Crippen LogP contribution in [0.4, 0.5) is 0 Å². The second kappa shape index (κ2) is 12.6. The quantitative estimate of drug-likeness (QED) is 0.220. The van der Waals surface area contributed by atoms with Crippen molar-refractivity contribution in [2.75, 3.05) is 6.61 Å². The van der Waals surface area contributed by atoms with Crippen molar-refractivity contribution in [1.82, 2.24) is 0 Å². The van der Waals surface area contributed by atoms with E-state index in [0.717, 1.165) is 0 Å². The van der Waals surface area contributed by atoms with Crippen molar-refractivity contribution in [2.24, 2.45) is 16.7 Å². The van der Waals surface area contributed by atoms with Crippen molar-refractivity contribution in [2.45, 2.75) is 102 Å². The molecule has 4 aliphatic rings. The standard InChI is InChI=1S/C38H44O12/c1-20-25(41)18-37(35(4,5)45)28(20)29(42)31(48-33(43)23-13-9-7-10-14-23)36(6)26(47-21(2)39)17-27-38(19-46-27,50-22(3)40)30(36)32(37)49-34(44)24-15-11-8-12-16-24/h7-16,25-27,29-32,41-42,45H,17-19H2,1-6H3/t25-,26-,27+,29+,30-,31-,32-,36+,37-,38-/m0/s1. The average Bonchev–Trinajstić information content (AvgIpc) is 3.30. The van der Waals surface area contributed by atoms with Crippen molar-refractivity contribution >= 4 is 23.9 Å². The van der Waals surface area contributed by atoms with Crippen LogP contribution in [0.3, 0.4) is 0 Å². The van der Waals surface area contributed by atoms with Crippen molar-refractivity contribution in [3.05, 3.63) is 82.9 Å². The zero-order valence-electron chi connectivity index (χ0n) is 29.0. The normalized spacial score (nSPS) is 36.1. The molecular weight excluding hydrogens is 648 g/mol. The van der Waals surface area contributed by atoms with Crippen molar-refractivity contribution in [3.8, 4) is 0 Å². The fraction of sp³-hybridized carbons (Fsp3) is 0.526. The van der Waals surface area contributed by atoms with Gasteiger partial charge in [0.15, 0.2) is 5.60 Å². The number of hydrogen-bond acceptors (Lipinski definition) is 12. The van der Waals surface area contributed by atoms with Crippen molar-refractivity contribution in [3.63, 3.8) is 0 Å². The summed E-state index contributed by atoms with van der Waals surface area (Å²) in [7, 11) is 0. The summed E-state index contributed by atoms with van der Waals surface area (Å²) in [5, 5.41) is 36.6. The molecule has 10 atom stereocenters. The molecular formula is C38H44O12. The van der Waals surface area contributed by atoms with Gasteiger partial charge in [-0.3, -0.25) is 9.59 Å². The molecule has 3 N–H and O–H groups in total. The third kappa shape index (κ3) is 5.35. The summed E-state index contributed by atoms with van der Waals surface area (Å²) in [6, 6.07) is 16.3. The van der Waals surface area contributed by atoms with Crippen molar-refractivity contribution < 1.29 is 58.2 Å². The minimum atomic E-state index is -1.84. The lowest BCUT2D eigenvalue weighted by molar-refractivity contribution is -0.351. The molecule has 1 aliphatic heterocycles. The Kier molecular flexibility index (Phi) is 8.99. The van der Waals surface area contributed by atoms with Crippen LogP contribution in [-0.4, -0.2) is 93.6 Å². The third-order valence-electron chi connectivity index (χ3n) is 11.5. The van der Waals surface area contributed by atoms with Gasteiger partial charge >= 0.3 is 23.9 Å². The molecule has 268 valence electrons. The van der Waals surface area contributed by atoms with E-state index < -0.39 is 88.5 Å². The van der Waals surface area contributed by atoms with Gasteiger partial charge in [0, 0.05) is 20.3 Å². The Bertz CT molecular complexity index is 1700. The smallest absolute Gasteiger partial charge is 0.338 e. The summed E-state index contributed by atoms with van der Waals surface area (Å²) < 4.78 is 31.0. The Morgan fingerprint density at radius 1 is 0.840 bits per heavy atom. The van der Waals surface area contributed by atoms with E-state index in [4.69, 9.17) is 23.7 Å². The van der Waals surface area contributed by atoms with Gasteiger partial charge < -0.3 is 39.0 Å². The largest absolute Gasteiger partial charge is 0.462 e. The molecule has 3 fully saturated rings. The number of esters is 4. The molecule has 1 heterocycles. The Hall–Kier alpha value is -4.10. The highest BCUT2D eigenvalue weighted by molar-refractivity contribution is 5.90. The van der Waals surface area contributed by atoms with Crippen LogP contribution in [0.5, 0.6) is 0 Å². The van der Waals surface area contributed by atoms with Gasteiger partial charge in [0.2, 0.25) is 0 Å². The van der Waals surface area contributed by atoms with Crippen LogP contribution in [0, 0.1) is 16.7 Å². The fourth-order valence-electron chi connectivity index (χ4n) is 9.29. The first-order valence-corrected chi connectivity index (χ1v) is 16.8. The molecule has 2 saturated carbocycles. The van der Waals surface area contributed by atoms with Crippen LogP contribution in [0.25, 0.3) is 0 Å². The lowest BCUT2D eigenvalue weighted by Crippen LogP contribution is -2.79. The van der Waals surface area contributed by atoms with Crippen LogP contribution >= 0.6 is 0 Å². The predicted molar refractivity (Wildman–Crippen MR) is 175 cm³/mol. The highest BCUT2D eigenvalue weighted by Gasteiger charge is 2.80. The number of aliphatic hydroxyl groups is 3. The van der Waals surface area contributed by atoms with Crippen LogP contribution in [0.2, 0.25) is 0 Å². The van der Waals surface area contributed by atoms with Crippen LogP contribution in [-0.2, 0) is 33.3 Å². The second-order valence-corrected chi connectivity index (χ2v) is 14.7. The molecule has 3 aliphatic carbocycles. The molecule has 0 amide bonds. The molecule has 1 saturated heterocycles. The second-order valence-electron chi connectivity index (χ2n) is 14.7. The van der Waals surface area contributed by atoms with Gasteiger partial charge in [-0.1, -0.05) is 43.3 Å². The number of benzene rings is 2. The summed E-state index contributed by atoms with van der Waals surface area (Å²) in [5.74, 6) is -4.22. The maximum Gasteiger partial charge on any atom is 0.338 e.